The summed E-state index contributed by atoms with van der Waals surface area (Å²) >= 11 is 0. The zero-order chi connectivity index (χ0) is 13.4. The van der Waals surface area contributed by atoms with Crippen LogP contribution in [0.1, 0.15) is 5.56 Å². The van der Waals surface area contributed by atoms with Gasteiger partial charge >= 0.3 is 0 Å². The van der Waals surface area contributed by atoms with Crippen LogP contribution in [0.15, 0.2) is 42.5 Å². The van der Waals surface area contributed by atoms with Gasteiger partial charge in [-0.05, 0) is 16.8 Å². The fraction of sp³-hybridized carbons (Fsp3) is 0.167. The maximum atomic E-state index is 13.6. The molecule has 0 unspecified atom stereocenters. The van der Waals surface area contributed by atoms with E-state index in [1.807, 2.05) is 0 Å². The topological polar surface area (TPSA) is 54.4 Å². The summed E-state index contributed by atoms with van der Waals surface area (Å²) in [6.45, 7) is 0. The van der Waals surface area contributed by atoms with E-state index in [-0.39, 0.29) is 0 Å². The van der Waals surface area contributed by atoms with Crippen molar-refractivity contribution < 1.29 is 21.8 Å². The minimum Gasteiger partial charge on any atom is -0.285 e. The Morgan fingerprint density at radius 3 is 2.28 bits per heavy atom. The van der Waals surface area contributed by atoms with Gasteiger partial charge in [0.2, 0.25) is 0 Å². The Hall–Kier alpha value is -1.53. The smallest absolute Gasteiger partial charge is 0.285 e. The molecule has 6 heteroatoms. The Labute approximate surface area is 103 Å². The van der Waals surface area contributed by atoms with Crippen molar-refractivity contribution in [3.05, 3.63) is 48.0 Å². The molecule has 0 heterocycles. The van der Waals surface area contributed by atoms with Gasteiger partial charge in [0.25, 0.3) is 16.0 Å². The fourth-order valence-electron chi connectivity index (χ4n) is 1.73. The van der Waals surface area contributed by atoms with Crippen molar-refractivity contribution in [1.29, 1.82) is 0 Å². The fourth-order valence-corrected chi connectivity index (χ4v) is 2.35. The normalized spacial score (nSPS) is 12.8. The Balaban J connectivity index is 2.47. The molecule has 0 bridgehead atoms. The van der Waals surface area contributed by atoms with Crippen molar-refractivity contribution in [2.75, 3.05) is 5.75 Å². The molecule has 0 aliphatic carbocycles. The van der Waals surface area contributed by atoms with Gasteiger partial charge in [0, 0.05) is 5.56 Å². The van der Waals surface area contributed by atoms with E-state index in [1.54, 1.807) is 24.3 Å². The molecule has 18 heavy (non-hydrogen) atoms. The van der Waals surface area contributed by atoms with Gasteiger partial charge in [-0.2, -0.15) is 8.42 Å². The van der Waals surface area contributed by atoms with E-state index in [9.17, 15) is 17.2 Å². The molecule has 0 saturated heterocycles. The quantitative estimate of drug-likeness (QED) is 0.874. The molecule has 0 amide bonds. The zero-order valence-electron chi connectivity index (χ0n) is 9.18. The first-order chi connectivity index (χ1) is 8.28. The minimum atomic E-state index is -4.73. The molecular weight excluding hydrogens is 262 g/mol. The predicted octanol–water partition coefficient (Wildman–Crippen LogP) is 2.82. The molecule has 2 aromatic carbocycles. The second kappa shape index (κ2) is 4.29. The predicted molar refractivity (Wildman–Crippen MR) is 64.3 cm³/mol. The molecule has 0 radical (unpaired) electrons. The molecule has 3 nitrogen and oxygen atoms in total. The van der Waals surface area contributed by atoms with Crippen molar-refractivity contribution in [2.24, 2.45) is 0 Å². The summed E-state index contributed by atoms with van der Waals surface area (Å²) in [5.41, 5.74) is -0.432. The maximum absolute atomic E-state index is 13.6. The summed E-state index contributed by atoms with van der Waals surface area (Å²) in [7, 11) is -4.73. The molecule has 2 aromatic rings. The number of rotatable bonds is 3. The van der Waals surface area contributed by atoms with Crippen LogP contribution in [-0.2, 0) is 16.0 Å². The highest BCUT2D eigenvalue weighted by molar-refractivity contribution is 7.85. The molecule has 96 valence electrons. The van der Waals surface area contributed by atoms with Crippen molar-refractivity contribution >= 4 is 20.9 Å². The van der Waals surface area contributed by atoms with Gasteiger partial charge in [-0.1, -0.05) is 36.4 Å². The molecule has 0 aliphatic heterocycles. The zero-order valence-corrected chi connectivity index (χ0v) is 9.99. The molecule has 0 aromatic heterocycles. The van der Waals surface area contributed by atoms with Crippen LogP contribution in [0.4, 0.5) is 8.78 Å². The molecule has 2 rings (SSSR count). The monoisotopic (exact) mass is 272 g/mol. The van der Waals surface area contributed by atoms with Gasteiger partial charge < -0.3 is 0 Å². The summed E-state index contributed by atoms with van der Waals surface area (Å²) in [4.78, 5) is 0. The van der Waals surface area contributed by atoms with E-state index in [0.717, 1.165) is 11.5 Å². The third kappa shape index (κ3) is 2.83. The lowest BCUT2D eigenvalue weighted by atomic mass is 10.0. The van der Waals surface area contributed by atoms with Crippen LogP contribution in [0.5, 0.6) is 0 Å². The summed E-state index contributed by atoms with van der Waals surface area (Å²) < 4.78 is 56.9. The average Bonchev–Trinajstić information content (AvgIpc) is 2.25. The Morgan fingerprint density at radius 1 is 1.06 bits per heavy atom. The van der Waals surface area contributed by atoms with Crippen molar-refractivity contribution in [2.45, 2.75) is 5.92 Å². The summed E-state index contributed by atoms with van der Waals surface area (Å²) in [5, 5.41) is 1.37. The van der Waals surface area contributed by atoms with Crippen LogP contribution < -0.4 is 0 Å². The van der Waals surface area contributed by atoms with E-state index in [1.165, 1.54) is 12.1 Å². The first kappa shape index (κ1) is 12.9. The van der Waals surface area contributed by atoms with Crippen LogP contribution in [0.25, 0.3) is 10.8 Å². The van der Waals surface area contributed by atoms with Crippen LogP contribution in [-0.4, -0.2) is 18.7 Å². The number of halogens is 2. The first-order valence-corrected chi connectivity index (χ1v) is 6.71. The van der Waals surface area contributed by atoms with E-state index in [0.29, 0.717) is 5.39 Å². The van der Waals surface area contributed by atoms with Crippen LogP contribution in [0, 0.1) is 0 Å². The number of alkyl halides is 2. The van der Waals surface area contributed by atoms with E-state index in [2.05, 4.69) is 0 Å². The first-order valence-electron chi connectivity index (χ1n) is 5.10. The molecule has 0 spiro atoms. The third-order valence-electron chi connectivity index (χ3n) is 2.54. The maximum Gasteiger partial charge on any atom is 0.289 e. The Bertz CT molecular complexity index is 681. The Morgan fingerprint density at radius 2 is 1.67 bits per heavy atom. The highest BCUT2D eigenvalue weighted by Crippen LogP contribution is 2.31. The molecule has 1 N–H and O–H groups in total. The highest BCUT2D eigenvalue weighted by atomic mass is 32.2. The lowest BCUT2D eigenvalue weighted by Crippen LogP contribution is -2.25. The summed E-state index contributed by atoms with van der Waals surface area (Å²) in [5.74, 6) is -5.23. The van der Waals surface area contributed by atoms with Gasteiger partial charge in [0.1, 0.15) is 5.75 Å². The highest BCUT2D eigenvalue weighted by Gasteiger charge is 2.37. The van der Waals surface area contributed by atoms with Crippen LogP contribution in [0.2, 0.25) is 0 Å². The summed E-state index contributed by atoms with van der Waals surface area (Å²) in [6, 6.07) is 10.8. The molecule has 0 saturated carbocycles. The van der Waals surface area contributed by atoms with Crippen molar-refractivity contribution in [3.63, 3.8) is 0 Å². The Kier molecular flexibility index (Phi) is 3.08. The number of hydrogen-bond donors (Lipinski definition) is 1. The molecule has 0 atom stereocenters. The third-order valence-corrected chi connectivity index (χ3v) is 3.26. The standard InChI is InChI=1S/C12H10F2O3S/c13-12(14,8-18(15,16)17)11-6-5-9-3-1-2-4-10(9)7-11/h1-7H,8H2,(H,15,16,17). The van der Waals surface area contributed by atoms with Gasteiger partial charge in [-0.15, -0.1) is 0 Å². The molecular formula is C12H10F2O3S. The van der Waals surface area contributed by atoms with E-state index >= 15 is 0 Å². The van der Waals surface area contributed by atoms with Gasteiger partial charge in [-0.25, -0.2) is 8.78 Å². The molecule has 0 aliphatic rings. The summed E-state index contributed by atoms with van der Waals surface area (Å²) in [6.07, 6.45) is 0. The number of hydrogen-bond acceptors (Lipinski definition) is 2. The average molecular weight is 272 g/mol. The van der Waals surface area contributed by atoms with E-state index in [4.69, 9.17) is 4.55 Å². The lowest BCUT2D eigenvalue weighted by Gasteiger charge is -2.15. The second-order valence-electron chi connectivity index (χ2n) is 3.99. The minimum absolute atomic E-state index is 0.432. The van der Waals surface area contributed by atoms with Crippen LogP contribution in [0.3, 0.4) is 0 Å². The molecule has 0 fully saturated rings. The van der Waals surface area contributed by atoms with Gasteiger partial charge in [-0.3, -0.25) is 4.55 Å². The number of benzene rings is 2. The SMILES string of the molecule is O=S(=O)(O)CC(F)(F)c1ccc2ccccc2c1. The van der Waals surface area contributed by atoms with Crippen molar-refractivity contribution in [1.82, 2.24) is 0 Å². The van der Waals surface area contributed by atoms with Crippen LogP contribution >= 0.6 is 0 Å². The number of fused-ring (bicyclic) bond motifs is 1. The van der Waals surface area contributed by atoms with E-state index < -0.39 is 27.4 Å². The second-order valence-corrected chi connectivity index (χ2v) is 5.45. The lowest BCUT2D eigenvalue weighted by molar-refractivity contribution is 0.0200. The van der Waals surface area contributed by atoms with Gasteiger partial charge in [0.15, 0.2) is 0 Å². The van der Waals surface area contributed by atoms with Crippen molar-refractivity contribution in [3.8, 4) is 0 Å². The van der Waals surface area contributed by atoms with Gasteiger partial charge in [0.05, 0.1) is 0 Å². The largest absolute Gasteiger partial charge is 0.289 e.